The molecule has 0 radical (unpaired) electrons. The first-order valence-electron chi connectivity index (χ1n) is 10.1. The molecule has 0 amide bonds. The Morgan fingerprint density at radius 2 is 1.67 bits per heavy atom. The monoisotopic (exact) mass is 399 g/mol. The minimum Gasteiger partial charge on any atom is -0.748 e. The van der Waals surface area contributed by atoms with Crippen molar-refractivity contribution in [3.63, 3.8) is 0 Å². The Hall–Kier alpha value is -0.950. The Bertz CT molecular complexity index is 652. The van der Waals surface area contributed by atoms with Crippen molar-refractivity contribution in [1.82, 2.24) is 0 Å². The van der Waals surface area contributed by atoms with Crippen LogP contribution in [0.25, 0.3) is 0 Å². The van der Waals surface area contributed by atoms with Gasteiger partial charge in [0.25, 0.3) is 0 Å². The van der Waals surface area contributed by atoms with Crippen LogP contribution in [-0.4, -0.2) is 55.6 Å². The number of aliphatic hydroxyl groups excluding tert-OH is 1. The first kappa shape index (κ1) is 24.1. The van der Waals surface area contributed by atoms with Gasteiger partial charge in [-0.15, -0.1) is 0 Å². The maximum absolute atomic E-state index is 10.9. The summed E-state index contributed by atoms with van der Waals surface area (Å²) in [5.74, 6) is 0.214. The Morgan fingerprint density at radius 1 is 1.07 bits per heavy atom. The summed E-state index contributed by atoms with van der Waals surface area (Å²) in [6.45, 7) is 5.07. The number of hydrogen-bond donors (Lipinski definition) is 1. The van der Waals surface area contributed by atoms with Crippen LogP contribution < -0.4 is 0 Å². The topological polar surface area (TPSA) is 77.4 Å². The Morgan fingerprint density at radius 3 is 2.19 bits per heavy atom. The molecule has 1 atom stereocenters. The molecule has 0 saturated carbocycles. The minimum absolute atomic E-state index is 0.0632. The number of aliphatic hydroxyl groups is 1. The lowest BCUT2D eigenvalue weighted by molar-refractivity contribution is -0.921. The van der Waals surface area contributed by atoms with E-state index in [-0.39, 0.29) is 18.4 Å². The molecule has 0 fully saturated rings. The van der Waals surface area contributed by atoms with Gasteiger partial charge in [-0.3, -0.25) is 0 Å². The molecule has 0 heterocycles. The predicted molar refractivity (Wildman–Crippen MR) is 110 cm³/mol. The van der Waals surface area contributed by atoms with Crippen LogP contribution in [0.4, 0.5) is 0 Å². The molecule has 0 spiro atoms. The van der Waals surface area contributed by atoms with E-state index in [1.54, 1.807) is 0 Å². The maximum atomic E-state index is 10.9. The van der Waals surface area contributed by atoms with Crippen molar-refractivity contribution in [3.8, 4) is 0 Å². The standard InChI is InChI=1S/C21H37NO4S/c1-5-9-18(10-6-2)19-11-7-12-20(17-19)21(13-15-23)22(3,4)14-8-16-27(24,25)26/h7,11-12,17-18,21,23H,5-6,8-10,13-16H2,1-4H3. The zero-order valence-corrected chi connectivity index (χ0v) is 18.2. The van der Waals surface area contributed by atoms with Crippen LogP contribution in [0, 0.1) is 0 Å². The van der Waals surface area contributed by atoms with E-state index in [4.69, 9.17) is 0 Å². The van der Waals surface area contributed by atoms with Crippen LogP contribution in [0.5, 0.6) is 0 Å². The Labute approximate surface area is 165 Å². The molecule has 1 aromatic carbocycles. The fourth-order valence-electron chi connectivity index (χ4n) is 4.04. The lowest BCUT2D eigenvalue weighted by Crippen LogP contribution is -2.45. The molecule has 156 valence electrons. The molecule has 0 aliphatic carbocycles. The average molecular weight is 400 g/mol. The van der Waals surface area contributed by atoms with Crippen molar-refractivity contribution in [2.75, 3.05) is 33.0 Å². The van der Waals surface area contributed by atoms with Crippen molar-refractivity contribution >= 4 is 10.1 Å². The number of nitrogens with zero attached hydrogens (tertiary/aromatic N) is 1. The Balaban J connectivity index is 3.06. The van der Waals surface area contributed by atoms with Crippen LogP contribution >= 0.6 is 0 Å². The summed E-state index contributed by atoms with van der Waals surface area (Å²) < 4.78 is 33.3. The third-order valence-electron chi connectivity index (χ3n) is 5.42. The fourth-order valence-corrected chi connectivity index (χ4v) is 4.52. The average Bonchev–Trinajstić information content (AvgIpc) is 2.58. The van der Waals surface area contributed by atoms with Gasteiger partial charge < -0.3 is 14.1 Å². The molecule has 0 aliphatic rings. The van der Waals surface area contributed by atoms with E-state index >= 15 is 0 Å². The minimum atomic E-state index is -4.19. The van der Waals surface area contributed by atoms with Gasteiger partial charge in [-0.25, -0.2) is 8.42 Å². The maximum Gasteiger partial charge on any atom is 0.116 e. The summed E-state index contributed by atoms with van der Waals surface area (Å²) in [7, 11) is -0.106. The second-order valence-electron chi connectivity index (χ2n) is 8.09. The van der Waals surface area contributed by atoms with Crippen molar-refractivity contribution in [1.29, 1.82) is 0 Å². The molecular weight excluding hydrogens is 362 g/mol. The summed E-state index contributed by atoms with van der Waals surface area (Å²) in [5.41, 5.74) is 2.52. The van der Waals surface area contributed by atoms with E-state index in [9.17, 15) is 18.1 Å². The van der Waals surface area contributed by atoms with Crippen LogP contribution in [0.1, 0.15) is 75.5 Å². The number of rotatable bonds is 13. The largest absolute Gasteiger partial charge is 0.748 e. The first-order valence-corrected chi connectivity index (χ1v) is 11.7. The van der Waals surface area contributed by atoms with E-state index in [0.717, 1.165) is 12.8 Å². The summed E-state index contributed by atoms with van der Waals surface area (Å²) >= 11 is 0. The number of benzene rings is 1. The third-order valence-corrected chi connectivity index (χ3v) is 6.20. The molecule has 5 nitrogen and oxygen atoms in total. The van der Waals surface area contributed by atoms with E-state index in [1.165, 1.54) is 24.0 Å². The first-order chi connectivity index (χ1) is 12.6. The lowest BCUT2D eigenvalue weighted by atomic mass is 9.88. The smallest absolute Gasteiger partial charge is 0.116 e. The van der Waals surface area contributed by atoms with Crippen molar-refractivity contribution < 1.29 is 22.6 Å². The quantitative estimate of drug-likeness (QED) is 0.404. The highest BCUT2D eigenvalue weighted by Crippen LogP contribution is 2.33. The van der Waals surface area contributed by atoms with E-state index in [2.05, 4.69) is 38.1 Å². The SMILES string of the molecule is CCCC(CCC)c1cccc(C(CCO)[N+](C)(C)CCCS(=O)(=O)[O-])c1. The second kappa shape index (κ2) is 11.1. The molecule has 1 N–H and O–H groups in total. The molecule has 1 rings (SSSR count). The highest BCUT2D eigenvalue weighted by atomic mass is 32.2. The van der Waals surface area contributed by atoms with Gasteiger partial charge in [0.15, 0.2) is 0 Å². The summed E-state index contributed by atoms with van der Waals surface area (Å²) in [4.78, 5) is 0. The second-order valence-corrected chi connectivity index (χ2v) is 9.61. The van der Waals surface area contributed by atoms with Crippen LogP contribution in [0.15, 0.2) is 24.3 Å². The molecule has 0 aliphatic heterocycles. The summed E-state index contributed by atoms with van der Waals surface area (Å²) in [5, 5.41) is 9.61. The molecule has 1 aromatic rings. The molecular formula is C21H37NO4S. The number of quaternary nitrogens is 1. The fraction of sp³-hybridized carbons (Fsp3) is 0.714. The highest BCUT2D eigenvalue weighted by molar-refractivity contribution is 7.85. The highest BCUT2D eigenvalue weighted by Gasteiger charge is 2.29. The lowest BCUT2D eigenvalue weighted by Gasteiger charge is -2.39. The van der Waals surface area contributed by atoms with Gasteiger partial charge in [-0.2, -0.15) is 0 Å². The molecule has 27 heavy (non-hydrogen) atoms. The van der Waals surface area contributed by atoms with E-state index in [1.807, 2.05) is 14.1 Å². The molecule has 0 bridgehead atoms. The zero-order chi connectivity index (χ0) is 20.5. The van der Waals surface area contributed by atoms with Crippen LogP contribution in [-0.2, 0) is 10.1 Å². The van der Waals surface area contributed by atoms with Gasteiger partial charge in [-0.05, 0) is 30.4 Å². The molecule has 0 saturated heterocycles. The van der Waals surface area contributed by atoms with Gasteiger partial charge in [-0.1, -0.05) is 44.9 Å². The summed E-state index contributed by atoms with van der Waals surface area (Å²) in [6.07, 6.45) is 5.57. The van der Waals surface area contributed by atoms with E-state index < -0.39 is 10.1 Å². The molecule has 1 unspecified atom stereocenters. The van der Waals surface area contributed by atoms with Crippen molar-refractivity contribution in [2.45, 2.75) is 64.3 Å². The van der Waals surface area contributed by atoms with Crippen LogP contribution in [0.2, 0.25) is 0 Å². The van der Waals surface area contributed by atoms with Crippen molar-refractivity contribution in [3.05, 3.63) is 35.4 Å². The predicted octanol–water partition coefficient (Wildman–Crippen LogP) is 3.81. The third kappa shape index (κ3) is 8.30. The normalized spacial score (nSPS) is 13.9. The molecule has 6 heteroatoms. The Kier molecular flexibility index (Phi) is 9.95. The van der Waals surface area contributed by atoms with E-state index in [0.29, 0.717) is 29.8 Å². The van der Waals surface area contributed by atoms with Crippen molar-refractivity contribution in [2.24, 2.45) is 0 Å². The molecule has 0 aromatic heterocycles. The van der Waals surface area contributed by atoms with Gasteiger partial charge in [0.1, 0.15) is 6.04 Å². The van der Waals surface area contributed by atoms with Gasteiger partial charge in [0.05, 0.1) is 30.8 Å². The summed E-state index contributed by atoms with van der Waals surface area (Å²) in [6, 6.07) is 8.71. The number of hydrogen-bond acceptors (Lipinski definition) is 4. The van der Waals surface area contributed by atoms with Crippen LogP contribution in [0.3, 0.4) is 0 Å². The van der Waals surface area contributed by atoms with Gasteiger partial charge in [0.2, 0.25) is 0 Å². The van der Waals surface area contributed by atoms with Gasteiger partial charge in [0, 0.05) is 30.8 Å². The van der Waals surface area contributed by atoms with Gasteiger partial charge >= 0.3 is 0 Å². The zero-order valence-electron chi connectivity index (χ0n) is 17.4.